The molecule has 0 aliphatic carbocycles. The van der Waals surface area contributed by atoms with Crippen molar-refractivity contribution in [3.05, 3.63) is 53.9 Å². The number of aryl methyl sites for hydroxylation is 2. The molecule has 0 amide bonds. The highest BCUT2D eigenvalue weighted by molar-refractivity contribution is 7.09. The van der Waals surface area contributed by atoms with Crippen molar-refractivity contribution in [1.82, 2.24) is 18.9 Å². The number of hydrogen-bond donors (Lipinski definition) is 1. The first-order valence-electron chi connectivity index (χ1n) is 7.41. The second-order valence-electron chi connectivity index (χ2n) is 5.12. The van der Waals surface area contributed by atoms with Crippen LogP contribution in [0.25, 0.3) is 0 Å². The van der Waals surface area contributed by atoms with Crippen molar-refractivity contribution in [2.75, 3.05) is 12.4 Å². The number of hydrogen-bond acceptors (Lipinski definition) is 6. The lowest BCUT2D eigenvalue weighted by Crippen LogP contribution is -2.16. The summed E-state index contributed by atoms with van der Waals surface area (Å²) in [5, 5.41) is 4.25. The van der Waals surface area contributed by atoms with Crippen LogP contribution in [0.1, 0.15) is 30.2 Å². The van der Waals surface area contributed by atoms with Gasteiger partial charge in [-0.25, -0.2) is 9.97 Å². The van der Waals surface area contributed by atoms with E-state index in [1.807, 2.05) is 49.0 Å². The van der Waals surface area contributed by atoms with Crippen LogP contribution in [0.15, 0.2) is 36.7 Å². The van der Waals surface area contributed by atoms with Gasteiger partial charge in [0.1, 0.15) is 23.4 Å². The third kappa shape index (κ3) is 3.34. The fraction of sp³-hybridized carbons (Fsp3) is 0.312. The summed E-state index contributed by atoms with van der Waals surface area (Å²) in [4.78, 5) is 8.99. The van der Waals surface area contributed by atoms with E-state index in [0.29, 0.717) is 0 Å². The molecule has 0 bridgehead atoms. The Bertz CT molecular complexity index is 765. The quantitative estimate of drug-likeness (QED) is 0.753. The lowest BCUT2D eigenvalue weighted by atomic mass is 10.1. The first kappa shape index (κ1) is 15.5. The van der Waals surface area contributed by atoms with Gasteiger partial charge in [-0.15, -0.1) is 0 Å². The van der Waals surface area contributed by atoms with Gasteiger partial charge in [0, 0.05) is 37.4 Å². The van der Waals surface area contributed by atoms with Crippen LogP contribution in [0.2, 0.25) is 0 Å². The summed E-state index contributed by atoms with van der Waals surface area (Å²) in [5.41, 5.74) is 1.09. The number of nitrogens with zero attached hydrogens (tertiary/aromatic N) is 4. The molecule has 23 heavy (non-hydrogen) atoms. The van der Waals surface area contributed by atoms with Crippen LogP contribution in [0.5, 0.6) is 5.75 Å². The van der Waals surface area contributed by atoms with Gasteiger partial charge in [0.2, 0.25) is 5.13 Å². The summed E-state index contributed by atoms with van der Waals surface area (Å²) in [5.74, 6) is 2.60. The van der Waals surface area contributed by atoms with E-state index < -0.39 is 0 Å². The predicted octanol–water partition coefficient (Wildman–Crippen LogP) is 3.04. The number of methoxy groups -OCH3 is 1. The molecule has 2 aromatic heterocycles. The third-order valence-corrected chi connectivity index (χ3v) is 4.30. The lowest BCUT2D eigenvalue weighted by Gasteiger charge is -2.18. The molecule has 0 spiro atoms. The maximum atomic E-state index is 5.24. The van der Waals surface area contributed by atoms with Gasteiger partial charge in [-0.1, -0.05) is 19.1 Å². The Hall–Kier alpha value is -2.41. The average molecular weight is 329 g/mol. The van der Waals surface area contributed by atoms with E-state index in [0.717, 1.165) is 34.5 Å². The molecule has 1 N–H and O–H groups in total. The van der Waals surface area contributed by atoms with Crippen molar-refractivity contribution in [1.29, 1.82) is 0 Å². The lowest BCUT2D eigenvalue weighted by molar-refractivity contribution is 0.414. The summed E-state index contributed by atoms with van der Waals surface area (Å²) in [6.45, 7) is 2.05. The van der Waals surface area contributed by atoms with Gasteiger partial charge in [0.15, 0.2) is 0 Å². The Morgan fingerprint density at radius 1 is 1.30 bits per heavy atom. The van der Waals surface area contributed by atoms with E-state index in [4.69, 9.17) is 4.74 Å². The zero-order valence-corrected chi connectivity index (χ0v) is 14.2. The van der Waals surface area contributed by atoms with Crippen molar-refractivity contribution >= 4 is 16.7 Å². The zero-order valence-electron chi connectivity index (χ0n) is 13.4. The summed E-state index contributed by atoms with van der Waals surface area (Å²) in [7, 11) is 3.65. The summed E-state index contributed by atoms with van der Waals surface area (Å²) < 4.78 is 11.6. The van der Waals surface area contributed by atoms with Gasteiger partial charge >= 0.3 is 0 Å². The normalized spacial score (nSPS) is 12.1. The Balaban J connectivity index is 1.94. The maximum Gasteiger partial charge on any atom is 0.203 e. The number of ether oxygens (including phenoxy) is 1. The van der Waals surface area contributed by atoms with Crippen molar-refractivity contribution in [2.24, 2.45) is 7.05 Å². The standard InChI is InChI=1S/C16H19N5OS/c1-4-13-18-16(23-20-13)19-14(15-17-9-10-21(15)2)11-5-7-12(22-3)8-6-11/h5-10,14H,4H2,1-3H3,(H,18,19,20). The number of nitrogens with one attached hydrogen (secondary N) is 1. The number of imidazole rings is 1. The van der Waals surface area contributed by atoms with Crippen molar-refractivity contribution < 1.29 is 4.74 Å². The smallest absolute Gasteiger partial charge is 0.203 e. The molecule has 6 nitrogen and oxygen atoms in total. The summed E-state index contributed by atoms with van der Waals surface area (Å²) >= 11 is 1.37. The van der Waals surface area contributed by atoms with Crippen LogP contribution >= 0.6 is 11.5 Å². The van der Waals surface area contributed by atoms with Gasteiger partial charge in [-0.2, -0.15) is 4.37 Å². The molecule has 3 aromatic rings. The molecule has 0 radical (unpaired) electrons. The van der Waals surface area contributed by atoms with Crippen LogP contribution in [0.3, 0.4) is 0 Å². The van der Waals surface area contributed by atoms with E-state index in [1.54, 1.807) is 13.3 Å². The zero-order chi connectivity index (χ0) is 16.2. The highest BCUT2D eigenvalue weighted by atomic mass is 32.1. The molecule has 3 rings (SSSR count). The topological polar surface area (TPSA) is 64.9 Å². The van der Waals surface area contributed by atoms with Gasteiger partial charge in [-0.3, -0.25) is 0 Å². The van der Waals surface area contributed by atoms with Crippen LogP contribution in [0, 0.1) is 0 Å². The molecule has 0 saturated heterocycles. The van der Waals surface area contributed by atoms with E-state index in [-0.39, 0.29) is 6.04 Å². The SMILES string of the molecule is CCc1nsc(NC(c2ccc(OC)cc2)c2nccn2C)n1. The van der Waals surface area contributed by atoms with Crippen LogP contribution in [-0.4, -0.2) is 26.0 Å². The van der Waals surface area contributed by atoms with Crippen molar-refractivity contribution in [3.63, 3.8) is 0 Å². The van der Waals surface area contributed by atoms with Crippen LogP contribution in [0.4, 0.5) is 5.13 Å². The van der Waals surface area contributed by atoms with Crippen molar-refractivity contribution in [3.8, 4) is 5.75 Å². The third-order valence-electron chi connectivity index (χ3n) is 3.62. The fourth-order valence-corrected chi connectivity index (χ4v) is 3.01. The Morgan fingerprint density at radius 3 is 2.65 bits per heavy atom. The number of anilines is 1. The number of benzene rings is 1. The minimum atomic E-state index is -0.0986. The van der Waals surface area contributed by atoms with Crippen molar-refractivity contribution in [2.45, 2.75) is 19.4 Å². The van der Waals surface area contributed by atoms with Gasteiger partial charge in [-0.05, 0) is 17.7 Å². The van der Waals surface area contributed by atoms with Gasteiger partial charge < -0.3 is 14.6 Å². The summed E-state index contributed by atoms with van der Waals surface area (Å²) in [6.07, 6.45) is 4.56. The maximum absolute atomic E-state index is 5.24. The average Bonchev–Trinajstić information content (AvgIpc) is 3.21. The largest absolute Gasteiger partial charge is 0.497 e. The molecule has 0 saturated carbocycles. The molecule has 1 unspecified atom stereocenters. The van der Waals surface area contributed by atoms with E-state index >= 15 is 0 Å². The molecular weight excluding hydrogens is 310 g/mol. The molecule has 7 heteroatoms. The second-order valence-corrected chi connectivity index (χ2v) is 5.87. The number of aromatic nitrogens is 4. The fourth-order valence-electron chi connectivity index (χ4n) is 2.33. The Labute approximate surface area is 139 Å². The van der Waals surface area contributed by atoms with Crippen LogP contribution < -0.4 is 10.1 Å². The molecule has 1 atom stereocenters. The predicted molar refractivity (Wildman–Crippen MR) is 91.0 cm³/mol. The van der Waals surface area contributed by atoms with E-state index in [9.17, 15) is 0 Å². The first-order chi connectivity index (χ1) is 11.2. The minimum absolute atomic E-state index is 0.0986. The van der Waals surface area contributed by atoms with Crippen LogP contribution in [-0.2, 0) is 13.5 Å². The van der Waals surface area contributed by atoms with E-state index in [2.05, 4.69) is 19.7 Å². The Kier molecular flexibility index (Phi) is 4.57. The molecule has 120 valence electrons. The molecular formula is C16H19N5OS. The highest BCUT2D eigenvalue weighted by Crippen LogP contribution is 2.27. The molecule has 2 heterocycles. The molecule has 0 fully saturated rings. The molecule has 1 aromatic carbocycles. The molecule has 0 aliphatic rings. The van der Waals surface area contributed by atoms with E-state index in [1.165, 1.54) is 11.5 Å². The highest BCUT2D eigenvalue weighted by Gasteiger charge is 2.20. The number of rotatable bonds is 6. The van der Waals surface area contributed by atoms with Gasteiger partial charge in [0.05, 0.1) is 7.11 Å². The first-order valence-corrected chi connectivity index (χ1v) is 8.19. The monoisotopic (exact) mass is 329 g/mol. The minimum Gasteiger partial charge on any atom is -0.497 e. The van der Waals surface area contributed by atoms with Gasteiger partial charge in [0.25, 0.3) is 0 Å². The Morgan fingerprint density at radius 2 is 2.09 bits per heavy atom. The molecule has 0 aliphatic heterocycles. The second kappa shape index (κ2) is 6.78. The summed E-state index contributed by atoms with van der Waals surface area (Å²) in [6, 6.07) is 7.87.